The van der Waals surface area contributed by atoms with Gasteiger partial charge in [0, 0.05) is 12.8 Å². The maximum absolute atomic E-state index is 12.7. The minimum absolute atomic E-state index is 0.0422. The monoisotopic (exact) mass is 832 g/mol. The van der Waals surface area contributed by atoms with E-state index in [0.717, 1.165) is 109 Å². The molecule has 0 radical (unpaired) electrons. The summed E-state index contributed by atoms with van der Waals surface area (Å²) in [6.45, 7) is 3.98. The zero-order chi connectivity index (χ0) is 42.8. The van der Waals surface area contributed by atoms with Gasteiger partial charge in [0.25, 0.3) is 7.82 Å². The minimum Gasteiger partial charge on any atom is -0.756 e. The van der Waals surface area contributed by atoms with E-state index in [2.05, 4.69) is 98.9 Å². The number of unbranched alkanes of at least 4 members (excludes halogenated alkanes) is 11. The molecule has 9 nitrogen and oxygen atoms in total. The van der Waals surface area contributed by atoms with Gasteiger partial charge in [0.1, 0.15) is 19.8 Å². The minimum atomic E-state index is -4.64. The zero-order valence-corrected chi connectivity index (χ0v) is 38.1. The third kappa shape index (κ3) is 42.8. The lowest BCUT2D eigenvalue weighted by atomic mass is 10.1. The molecule has 0 saturated heterocycles. The van der Waals surface area contributed by atoms with Crippen LogP contribution >= 0.6 is 7.82 Å². The van der Waals surface area contributed by atoms with Gasteiger partial charge in [0.15, 0.2) is 6.10 Å². The number of carbonyl (C=O) groups excluding carboxylic acids is 2. The summed E-state index contributed by atoms with van der Waals surface area (Å²) in [5, 5.41) is 0. The number of nitrogens with zero attached hydrogens (tertiary/aromatic N) is 1. The van der Waals surface area contributed by atoms with Crippen molar-refractivity contribution >= 4 is 19.8 Å². The van der Waals surface area contributed by atoms with Crippen LogP contribution in [0.5, 0.6) is 0 Å². The Balaban J connectivity index is 4.41. The molecule has 10 heteroatoms. The first-order chi connectivity index (χ1) is 28.0. The third-order valence-corrected chi connectivity index (χ3v) is 9.84. The van der Waals surface area contributed by atoms with Gasteiger partial charge in [-0.2, -0.15) is 0 Å². The van der Waals surface area contributed by atoms with E-state index in [-0.39, 0.29) is 26.1 Å². The van der Waals surface area contributed by atoms with Gasteiger partial charge in [0.2, 0.25) is 0 Å². The first-order valence-corrected chi connectivity index (χ1v) is 23.8. The Morgan fingerprint density at radius 1 is 0.552 bits per heavy atom. The molecule has 0 aromatic carbocycles. The lowest BCUT2D eigenvalue weighted by Gasteiger charge is -2.28. The highest BCUT2D eigenvalue weighted by Gasteiger charge is 2.21. The lowest BCUT2D eigenvalue weighted by molar-refractivity contribution is -0.870. The van der Waals surface area contributed by atoms with Crippen LogP contribution < -0.4 is 4.89 Å². The molecule has 0 aliphatic rings. The number of phosphoric acid groups is 1. The van der Waals surface area contributed by atoms with Gasteiger partial charge in [-0.1, -0.05) is 144 Å². The molecule has 2 unspecified atom stereocenters. The van der Waals surface area contributed by atoms with E-state index >= 15 is 0 Å². The second-order valence-electron chi connectivity index (χ2n) is 15.7. The topological polar surface area (TPSA) is 111 Å². The normalized spacial score (nSPS) is 14.4. The molecule has 0 N–H and O–H groups in total. The van der Waals surface area contributed by atoms with Gasteiger partial charge in [-0.05, 0) is 83.5 Å². The maximum Gasteiger partial charge on any atom is 0.306 e. The fourth-order valence-electron chi connectivity index (χ4n) is 5.42. The number of allylic oxidation sites excluding steroid dienone is 14. The Morgan fingerprint density at radius 3 is 1.47 bits per heavy atom. The molecular formula is C48H82NO8P. The first-order valence-electron chi connectivity index (χ1n) is 22.3. The van der Waals surface area contributed by atoms with E-state index in [9.17, 15) is 19.0 Å². The molecule has 0 aliphatic heterocycles. The van der Waals surface area contributed by atoms with Gasteiger partial charge < -0.3 is 27.9 Å². The Kier molecular flexibility index (Phi) is 37.7. The van der Waals surface area contributed by atoms with Crippen molar-refractivity contribution in [3.63, 3.8) is 0 Å². The standard InChI is InChI=1S/C48H82NO8P/c1-6-8-10-12-14-16-18-20-21-22-23-24-25-26-27-29-31-33-35-37-39-41-48(51)57-46(45-56-58(52,53)55-43-42-49(3,4)5)44-54-47(50)40-38-36-34-32-30-28-19-17-15-13-11-9-7-2/h8,10-11,13-14,16-17,19-21,23-24,26-27,46H,6-7,9,12,15,18,22,25,28-45H2,1-5H3/b10-8-,13-11-,16-14-,19-17-,21-20-,24-23-,27-26-. The van der Waals surface area contributed by atoms with Crippen LogP contribution in [0, 0.1) is 0 Å². The number of hydrogen-bond acceptors (Lipinski definition) is 8. The third-order valence-electron chi connectivity index (χ3n) is 8.88. The van der Waals surface area contributed by atoms with E-state index in [4.69, 9.17) is 18.5 Å². The molecule has 0 heterocycles. The van der Waals surface area contributed by atoms with Crippen LogP contribution in [-0.2, 0) is 32.7 Å². The summed E-state index contributed by atoms with van der Waals surface area (Å²) in [7, 11) is 1.13. The second kappa shape index (κ2) is 39.6. The van der Waals surface area contributed by atoms with E-state index in [1.807, 2.05) is 21.1 Å². The second-order valence-corrected chi connectivity index (χ2v) is 17.1. The number of carbonyl (C=O) groups is 2. The van der Waals surface area contributed by atoms with Crippen molar-refractivity contribution < 1.29 is 42.1 Å². The number of ether oxygens (including phenoxy) is 2. The first kappa shape index (κ1) is 55.2. The quantitative estimate of drug-likeness (QED) is 0.0198. The van der Waals surface area contributed by atoms with Crippen molar-refractivity contribution in [2.24, 2.45) is 0 Å². The molecule has 0 rings (SSSR count). The Hall–Kier alpha value is -2.81. The predicted molar refractivity (Wildman–Crippen MR) is 240 cm³/mol. The van der Waals surface area contributed by atoms with Gasteiger partial charge in [-0.25, -0.2) is 0 Å². The molecular weight excluding hydrogens is 750 g/mol. The summed E-state index contributed by atoms with van der Waals surface area (Å²) >= 11 is 0. The van der Waals surface area contributed by atoms with Crippen LogP contribution in [0.25, 0.3) is 0 Å². The van der Waals surface area contributed by atoms with Crippen LogP contribution in [0.1, 0.15) is 155 Å². The maximum atomic E-state index is 12.7. The van der Waals surface area contributed by atoms with Gasteiger partial charge in [-0.3, -0.25) is 14.2 Å². The van der Waals surface area contributed by atoms with Gasteiger partial charge in [0.05, 0.1) is 27.7 Å². The van der Waals surface area contributed by atoms with Gasteiger partial charge >= 0.3 is 11.9 Å². The van der Waals surface area contributed by atoms with Crippen molar-refractivity contribution in [1.29, 1.82) is 0 Å². The summed E-state index contributed by atoms with van der Waals surface area (Å²) in [4.78, 5) is 37.5. The molecule has 332 valence electrons. The number of esters is 2. The Morgan fingerprint density at radius 2 is 0.983 bits per heavy atom. The van der Waals surface area contributed by atoms with E-state index in [1.54, 1.807) is 0 Å². The number of quaternary nitrogens is 1. The summed E-state index contributed by atoms with van der Waals surface area (Å²) in [6.07, 6.45) is 50.4. The summed E-state index contributed by atoms with van der Waals surface area (Å²) in [6, 6.07) is 0. The van der Waals surface area contributed by atoms with Crippen molar-refractivity contribution in [1.82, 2.24) is 0 Å². The molecule has 58 heavy (non-hydrogen) atoms. The average molecular weight is 832 g/mol. The number of phosphoric ester groups is 1. The SMILES string of the molecule is CC/C=C\C/C=C\C/C=C\C/C=C\C/C=C\CCCCCCCC(=O)OC(COC(=O)CCCCCCC/C=C\C/C=C\CCC)COP(=O)([O-])OCC[N+](C)(C)C. The summed E-state index contributed by atoms with van der Waals surface area (Å²) < 4.78 is 33.9. The van der Waals surface area contributed by atoms with Crippen LogP contribution in [0.2, 0.25) is 0 Å². The molecule has 0 bridgehead atoms. The van der Waals surface area contributed by atoms with E-state index < -0.39 is 32.5 Å². The Bertz CT molecular complexity index is 1260. The van der Waals surface area contributed by atoms with Crippen molar-refractivity contribution in [3.05, 3.63) is 85.1 Å². The van der Waals surface area contributed by atoms with Crippen molar-refractivity contribution in [2.75, 3.05) is 47.5 Å². The summed E-state index contributed by atoms with van der Waals surface area (Å²) in [5.74, 6) is -0.882. The van der Waals surface area contributed by atoms with Gasteiger partial charge in [-0.15, -0.1) is 0 Å². The fraction of sp³-hybridized carbons (Fsp3) is 0.667. The van der Waals surface area contributed by atoms with Crippen LogP contribution in [-0.4, -0.2) is 70.0 Å². The number of likely N-dealkylation sites (N-methyl/N-ethyl adjacent to an activating group) is 1. The number of hydrogen-bond donors (Lipinski definition) is 0. The van der Waals surface area contributed by atoms with Crippen molar-refractivity contribution in [3.8, 4) is 0 Å². The molecule has 0 aliphatic carbocycles. The molecule has 0 saturated carbocycles. The lowest BCUT2D eigenvalue weighted by Crippen LogP contribution is -2.37. The highest BCUT2D eigenvalue weighted by atomic mass is 31.2. The van der Waals surface area contributed by atoms with Crippen molar-refractivity contribution in [2.45, 2.75) is 161 Å². The van der Waals surface area contributed by atoms with Crippen LogP contribution in [0.3, 0.4) is 0 Å². The average Bonchev–Trinajstić information content (AvgIpc) is 3.17. The highest BCUT2D eigenvalue weighted by Crippen LogP contribution is 2.38. The molecule has 0 amide bonds. The molecule has 0 spiro atoms. The van der Waals surface area contributed by atoms with E-state index in [0.29, 0.717) is 23.9 Å². The van der Waals surface area contributed by atoms with Crippen LogP contribution in [0.4, 0.5) is 0 Å². The fourth-order valence-corrected chi connectivity index (χ4v) is 6.15. The molecule has 0 aromatic heterocycles. The Labute approximate surface area is 354 Å². The largest absolute Gasteiger partial charge is 0.756 e. The molecule has 2 atom stereocenters. The smallest absolute Gasteiger partial charge is 0.306 e. The predicted octanol–water partition coefficient (Wildman–Crippen LogP) is 12.2. The highest BCUT2D eigenvalue weighted by molar-refractivity contribution is 7.45. The number of rotatable bonds is 39. The zero-order valence-electron chi connectivity index (χ0n) is 37.2. The van der Waals surface area contributed by atoms with Crippen LogP contribution in [0.15, 0.2) is 85.1 Å². The summed E-state index contributed by atoms with van der Waals surface area (Å²) in [5.41, 5.74) is 0. The molecule has 0 fully saturated rings. The molecule has 0 aromatic rings. The van der Waals surface area contributed by atoms with E-state index in [1.165, 1.54) is 6.42 Å².